The molecular formula is C16H13BrF2N2O2S. The Kier molecular flexibility index (Phi) is 6.74. The second-order valence-corrected chi connectivity index (χ2v) is 6.57. The van der Waals surface area contributed by atoms with E-state index in [1.54, 1.807) is 18.2 Å². The van der Waals surface area contributed by atoms with Crippen LogP contribution < -0.4 is 10.6 Å². The second-order valence-electron chi connectivity index (χ2n) is 4.67. The molecule has 2 rings (SSSR count). The first kappa shape index (κ1) is 18.4. The fraction of sp³-hybridized carbons (Fsp3) is 0.125. The number of nitrogens with one attached hydrogen (secondary N) is 2. The van der Waals surface area contributed by atoms with Gasteiger partial charge in [-0.05, 0) is 46.3 Å². The second kappa shape index (κ2) is 8.79. The zero-order valence-corrected chi connectivity index (χ0v) is 14.7. The topological polar surface area (TPSA) is 58.2 Å². The first-order valence-corrected chi connectivity index (χ1v) is 8.62. The molecule has 0 atom stereocenters. The average molecular weight is 415 g/mol. The molecule has 2 aromatic carbocycles. The molecule has 0 aliphatic rings. The van der Waals surface area contributed by atoms with Crippen LogP contribution in [-0.4, -0.2) is 24.1 Å². The van der Waals surface area contributed by atoms with Gasteiger partial charge < -0.3 is 10.6 Å². The minimum Gasteiger partial charge on any atom is -0.346 e. The minimum atomic E-state index is -0.965. The van der Waals surface area contributed by atoms with E-state index in [0.717, 1.165) is 28.4 Å². The van der Waals surface area contributed by atoms with Crippen LogP contribution in [0, 0.1) is 11.6 Å². The van der Waals surface area contributed by atoms with E-state index in [1.165, 1.54) is 6.07 Å². The number of para-hydroxylation sites is 1. The maximum atomic E-state index is 13.1. The highest BCUT2D eigenvalue weighted by molar-refractivity contribution is 9.10. The molecule has 0 saturated carbocycles. The van der Waals surface area contributed by atoms with Crippen molar-refractivity contribution in [2.45, 2.75) is 4.90 Å². The van der Waals surface area contributed by atoms with Crippen molar-refractivity contribution in [3.63, 3.8) is 0 Å². The summed E-state index contributed by atoms with van der Waals surface area (Å²) < 4.78 is 26.6. The number of carbonyl (C=O) groups excluding carboxylic acids is 2. The normalized spacial score (nSPS) is 10.3. The smallest absolute Gasteiger partial charge is 0.243 e. The molecule has 126 valence electrons. The van der Waals surface area contributed by atoms with Crippen molar-refractivity contribution in [2.24, 2.45) is 0 Å². The predicted octanol–water partition coefficient (Wildman–Crippen LogP) is 3.57. The third-order valence-corrected chi connectivity index (χ3v) is 4.54. The Labute approximate surface area is 150 Å². The van der Waals surface area contributed by atoms with Crippen LogP contribution >= 0.6 is 27.7 Å². The van der Waals surface area contributed by atoms with E-state index in [1.807, 2.05) is 6.07 Å². The van der Waals surface area contributed by atoms with E-state index in [4.69, 9.17) is 0 Å². The summed E-state index contributed by atoms with van der Waals surface area (Å²) in [7, 11) is 0. The third-order valence-electron chi connectivity index (χ3n) is 2.86. The highest BCUT2D eigenvalue weighted by Gasteiger charge is 2.09. The van der Waals surface area contributed by atoms with Gasteiger partial charge in [-0.2, -0.15) is 0 Å². The summed E-state index contributed by atoms with van der Waals surface area (Å²) in [4.78, 5) is 23.9. The Hall–Kier alpha value is -1.93. The van der Waals surface area contributed by atoms with Gasteiger partial charge in [0, 0.05) is 9.37 Å². The molecule has 0 spiro atoms. The quantitative estimate of drug-likeness (QED) is 0.710. The molecule has 8 heteroatoms. The van der Waals surface area contributed by atoms with Gasteiger partial charge in [0.15, 0.2) is 11.6 Å². The van der Waals surface area contributed by atoms with E-state index < -0.39 is 11.6 Å². The molecule has 2 N–H and O–H groups in total. The van der Waals surface area contributed by atoms with Gasteiger partial charge in [-0.25, -0.2) is 8.78 Å². The molecule has 2 aromatic rings. The summed E-state index contributed by atoms with van der Waals surface area (Å²) in [6.45, 7) is -0.182. The number of anilines is 1. The highest BCUT2D eigenvalue weighted by atomic mass is 79.9. The van der Waals surface area contributed by atoms with E-state index in [-0.39, 0.29) is 24.1 Å². The number of hydrogen-bond acceptors (Lipinski definition) is 3. The standard InChI is InChI=1S/C16H13BrF2N2O2S/c17-11-3-1-2-4-14(11)21-15(22)8-20-16(23)9-24-10-5-6-12(18)13(19)7-10/h1-7H,8-9H2,(H,20,23)(H,21,22). The molecule has 0 fully saturated rings. The molecule has 0 bridgehead atoms. The summed E-state index contributed by atoms with van der Waals surface area (Å²) in [5.41, 5.74) is 0.605. The Bertz CT molecular complexity index is 759. The molecule has 24 heavy (non-hydrogen) atoms. The maximum Gasteiger partial charge on any atom is 0.243 e. The van der Waals surface area contributed by atoms with Crippen molar-refractivity contribution in [1.29, 1.82) is 0 Å². The van der Waals surface area contributed by atoms with Crippen LogP contribution in [0.1, 0.15) is 0 Å². The lowest BCUT2D eigenvalue weighted by molar-refractivity contribution is -0.122. The number of carbonyl (C=O) groups is 2. The molecule has 0 aromatic heterocycles. The largest absolute Gasteiger partial charge is 0.346 e. The average Bonchev–Trinajstić information content (AvgIpc) is 2.56. The van der Waals surface area contributed by atoms with Gasteiger partial charge in [0.1, 0.15) is 0 Å². The van der Waals surface area contributed by atoms with Gasteiger partial charge in [0.2, 0.25) is 11.8 Å². The number of hydrogen-bond donors (Lipinski definition) is 2. The zero-order valence-electron chi connectivity index (χ0n) is 12.3. The first-order chi connectivity index (χ1) is 11.5. The van der Waals surface area contributed by atoms with Crippen LogP contribution in [0.2, 0.25) is 0 Å². The lowest BCUT2D eigenvalue weighted by Crippen LogP contribution is -2.33. The summed E-state index contributed by atoms with van der Waals surface area (Å²) in [5.74, 6) is -2.66. The summed E-state index contributed by atoms with van der Waals surface area (Å²) >= 11 is 4.36. The molecular weight excluding hydrogens is 402 g/mol. The molecule has 0 saturated heterocycles. The molecule has 0 aliphatic heterocycles. The van der Waals surface area contributed by atoms with Crippen LogP contribution in [0.25, 0.3) is 0 Å². The van der Waals surface area contributed by atoms with Crippen molar-refractivity contribution in [3.05, 3.63) is 58.6 Å². The monoisotopic (exact) mass is 414 g/mol. The van der Waals surface area contributed by atoms with Gasteiger partial charge in [-0.3, -0.25) is 9.59 Å². The van der Waals surface area contributed by atoms with Crippen molar-refractivity contribution < 1.29 is 18.4 Å². The van der Waals surface area contributed by atoms with E-state index >= 15 is 0 Å². The number of rotatable bonds is 6. The van der Waals surface area contributed by atoms with Crippen LogP contribution in [0.3, 0.4) is 0 Å². The summed E-state index contributed by atoms with van der Waals surface area (Å²) in [6, 6.07) is 10.5. The Balaban J connectivity index is 1.75. The molecule has 0 heterocycles. The lowest BCUT2D eigenvalue weighted by Gasteiger charge is -2.08. The van der Waals surface area contributed by atoms with Crippen LogP contribution in [0.4, 0.5) is 14.5 Å². The van der Waals surface area contributed by atoms with Gasteiger partial charge >= 0.3 is 0 Å². The highest BCUT2D eigenvalue weighted by Crippen LogP contribution is 2.21. The van der Waals surface area contributed by atoms with Crippen molar-refractivity contribution in [2.75, 3.05) is 17.6 Å². The van der Waals surface area contributed by atoms with Crippen LogP contribution in [-0.2, 0) is 9.59 Å². The summed E-state index contributed by atoms with van der Waals surface area (Å²) in [5, 5.41) is 5.12. The van der Waals surface area contributed by atoms with Crippen molar-refractivity contribution >= 4 is 45.2 Å². The Morgan fingerprint density at radius 1 is 1.04 bits per heavy atom. The fourth-order valence-electron chi connectivity index (χ4n) is 1.70. The Morgan fingerprint density at radius 2 is 1.79 bits per heavy atom. The first-order valence-electron chi connectivity index (χ1n) is 6.84. The van der Waals surface area contributed by atoms with Crippen LogP contribution in [0.5, 0.6) is 0 Å². The number of thioether (sulfide) groups is 1. The predicted molar refractivity (Wildman–Crippen MR) is 92.9 cm³/mol. The molecule has 0 radical (unpaired) electrons. The fourth-order valence-corrected chi connectivity index (χ4v) is 2.84. The van der Waals surface area contributed by atoms with Crippen molar-refractivity contribution in [1.82, 2.24) is 5.32 Å². The van der Waals surface area contributed by atoms with Gasteiger partial charge in [0.25, 0.3) is 0 Å². The van der Waals surface area contributed by atoms with Gasteiger partial charge in [-0.15, -0.1) is 11.8 Å². The lowest BCUT2D eigenvalue weighted by atomic mass is 10.3. The third kappa shape index (κ3) is 5.61. The van der Waals surface area contributed by atoms with Crippen molar-refractivity contribution in [3.8, 4) is 0 Å². The minimum absolute atomic E-state index is 0.00656. The summed E-state index contributed by atoms with van der Waals surface area (Å²) in [6.07, 6.45) is 0. The van der Waals surface area contributed by atoms with Gasteiger partial charge in [-0.1, -0.05) is 12.1 Å². The van der Waals surface area contributed by atoms with E-state index in [2.05, 4.69) is 26.6 Å². The zero-order chi connectivity index (χ0) is 17.5. The van der Waals surface area contributed by atoms with Crippen LogP contribution in [0.15, 0.2) is 51.8 Å². The van der Waals surface area contributed by atoms with E-state index in [0.29, 0.717) is 10.6 Å². The number of amides is 2. The Morgan fingerprint density at radius 3 is 2.50 bits per heavy atom. The SMILES string of the molecule is O=C(CSc1ccc(F)c(F)c1)NCC(=O)Nc1ccccc1Br. The maximum absolute atomic E-state index is 13.1. The number of benzene rings is 2. The molecule has 0 unspecified atom stereocenters. The van der Waals surface area contributed by atoms with Gasteiger partial charge in [0.05, 0.1) is 18.0 Å². The molecule has 0 aliphatic carbocycles. The van der Waals surface area contributed by atoms with E-state index in [9.17, 15) is 18.4 Å². The number of halogens is 3. The molecule has 4 nitrogen and oxygen atoms in total. The molecule has 2 amide bonds.